The van der Waals surface area contributed by atoms with E-state index in [0.29, 0.717) is 18.1 Å². The van der Waals surface area contributed by atoms with E-state index in [2.05, 4.69) is 18.9 Å². The smallest absolute Gasteiger partial charge is 0.120 e. The van der Waals surface area contributed by atoms with E-state index in [4.69, 9.17) is 9.47 Å². The summed E-state index contributed by atoms with van der Waals surface area (Å²) < 4.78 is 12.0. The van der Waals surface area contributed by atoms with Gasteiger partial charge in [-0.2, -0.15) is 0 Å². The van der Waals surface area contributed by atoms with Crippen LogP contribution in [0.25, 0.3) is 0 Å². The SMILES string of the molecule is CC1CN(C)CCCC1Oc1ccc(OC2CC2)cc1. The van der Waals surface area contributed by atoms with Crippen molar-refractivity contribution in [1.29, 1.82) is 0 Å². The minimum atomic E-state index is 0.329. The maximum atomic E-state index is 6.19. The van der Waals surface area contributed by atoms with Gasteiger partial charge in [0.2, 0.25) is 0 Å². The summed E-state index contributed by atoms with van der Waals surface area (Å²) in [6.45, 7) is 4.59. The fourth-order valence-corrected chi connectivity index (χ4v) is 2.87. The van der Waals surface area contributed by atoms with Crippen molar-refractivity contribution < 1.29 is 9.47 Å². The van der Waals surface area contributed by atoms with Gasteiger partial charge < -0.3 is 14.4 Å². The molecule has 0 bridgehead atoms. The van der Waals surface area contributed by atoms with Gasteiger partial charge in [0.05, 0.1) is 6.10 Å². The molecule has 0 radical (unpaired) electrons. The molecule has 1 aliphatic heterocycles. The Labute approximate surface area is 121 Å². The molecule has 1 aromatic rings. The molecule has 3 heteroatoms. The molecule has 1 aromatic carbocycles. The van der Waals surface area contributed by atoms with Crippen molar-refractivity contribution in [1.82, 2.24) is 4.90 Å². The standard InChI is InChI=1S/C17H25NO2/c1-13-12-18(2)11-3-4-17(13)20-16-9-7-15(8-10-16)19-14-5-6-14/h7-10,13-14,17H,3-6,11-12H2,1-2H3. The minimum absolute atomic E-state index is 0.329. The zero-order chi connectivity index (χ0) is 13.9. The molecule has 3 rings (SSSR count). The summed E-state index contributed by atoms with van der Waals surface area (Å²) in [6, 6.07) is 8.14. The van der Waals surface area contributed by atoms with Crippen LogP contribution >= 0.6 is 0 Å². The first-order chi connectivity index (χ1) is 9.70. The molecule has 2 aliphatic rings. The highest BCUT2D eigenvalue weighted by molar-refractivity contribution is 5.31. The zero-order valence-corrected chi connectivity index (χ0v) is 12.5. The predicted molar refractivity (Wildman–Crippen MR) is 80.4 cm³/mol. The molecule has 2 unspecified atom stereocenters. The molecule has 0 aromatic heterocycles. The number of hydrogen-bond acceptors (Lipinski definition) is 3. The average Bonchev–Trinajstić information content (AvgIpc) is 3.23. The topological polar surface area (TPSA) is 21.7 Å². The molecule has 0 spiro atoms. The van der Waals surface area contributed by atoms with Crippen molar-refractivity contribution in [3.63, 3.8) is 0 Å². The summed E-state index contributed by atoms with van der Waals surface area (Å²) in [5.41, 5.74) is 0. The van der Waals surface area contributed by atoms with Crippen LogP contribution in [0.2, 0.25) is 0 Å². The third kappa shape index (κ3) is 3.66. The molecule has 1 aliphatic carbocycles. The van der Waals surface area contributed by atoms with E-state index in [1.807, 2.05) is 24.3 Å². The first-order valence-corrected chi connectivity index (χ1v) is 7.82. The monoisotopic (exact) mass is 275 g/mol. The lowest BCUT2D eigenvalue weighted by Crippen LogP contribution is -2.30. The van der Waals surface area contributed by atoms with Crippen LogP contribution in [0.5, 0.6) is 11.5 Å². The fraction of sp³-hybridized carbons (Fsp3) is 0.647. The van der Waals surface area contributed by atoms with Gasteiger partial charge in [0.1, 0.15) is 17.6 Å². The van der Waals surface area contributed by atoms with Gasteiger partial charge in [-0.3, -0.25) is 0 Å². The van der Waals surface area contributed by atoms with Crippen LogP contribution in [0.4, 0.5) is 0 Å². The van der Waals surface area contributed by atoms with E-state index in [9.17, 15) is 0 Å². The molecule has 20 heavy (non-hydrogen) atoms. The van der Waals surface area contributed by atoms with E-state index < -0.39 is 0 Å². The Morgan fingerprint density at radius 2 is 1.65 bits per heavy atom. The van der Waals surface area contributed by atoms with Crippen LogP contribution < -0.4 is 9.47 Å². The van der Waals surface area contributed by atoms with Crippen molar-refractivity contribution in [2.75, 3.05) is 20.1 Å². The zero-order valence-electron chi connectivity index (χ0n) is 12.5. The Bertz CT molecular complexity index is 427. The maximum Gasteiger partial charge on any atom is 0.120 e. The lowest BCUT2D eigenvalue weighted by molar-refractivity contribution is 0.131. The van der Waals surface area contributed by atoms with Gasteiger partial charge in [-0.25, -0.2) is 0 Å². The summed E-state index contributed by atoms with van der Waals surface area (Å²) in [4.78, 5) is 2.40. The van der Waals surface area contributed by atoms with Crippen LogP contribution in [0.1, 0.15) is 32.6 Å². The Morgan fingerprint density at radius 3 is 2.30 bits per heavy atom. The van der Waals surface area contributed by atoms with E-state index in [0.717, 1.165) is 24.5 Å². The third-order valence-corrected chi connectivity index (χ3v) is 4.20. The second-order valence-electron chi connectivity index (χ2n) is 6.33. The highest BCUT2D eigenvalue weighted by Gasteiger charge is 2.25. The van der Waals surface area contributed by atoms with Crippen LogP contribution in [-0.2, 0) is 0 Å². The molecule has 0 amide bonds. The van der Waals surface area contributed by atoms with E-state index in [1.54, 1.807) is 0 Å². The van der Waals surface area contributed by atoms with E-state index in [-0.39, 0.29) is 0 Å². The Hall–Kier alpha value is -1.22. The molecule has 2 fully saturated rings. The second kappa shape index (κ2) is 6.04. The molecular weight excluding hydrogens is 250 g/mol. The van der Waals surface area contributed by atoms with Gasteiger partial charge in [0.25, 0.3) is 0 Å². The summed E-state index contributed by atoms with van der Waals surface area (Å²) in [6.07, 6.45) is 5.55. The molecule has 2 atom stereocenters. The Balaban J connectivity index is 1.58. The van der Waals surface area contributed by atoms with E-state index >= 15 is 0 Å². The van der Waals surface area contributed by atoms with Gasteiger partial charge in [-0.15, -0.1) is 0 Å². The molecule has 1 heterocycles. The first kappa shape index (κ1) is 13.7. The first-order valence-electron chi connectivity index (χ1n) is 7.82. The quantitative estimate of drug-likeness (QED) is 0.841. The fourth-order valence-electron chi connectivity index (χ4n) is 2.87. The normalized spacial score (nSPS) is 27.9. The number of benzene rings is 1. The molecular formula is C17H25NO2. The molecule has 0 N–H and O–H groups in total. The van der Waals surface area contributed by atoms with Crippen molar-refractivity contribution >= 4 is 0 Å². The van der Waals surface area contributed by atoms with Crippen molar-refractivity contribution in [3.05, 3.63) is 24.3 Å². The van der Waals surface area contributed by atoms with Gasteiger partial charge in [-0.1, -0.05) is 6.92 Å². The maximum absolute atomic E-state index is 6.19. The number of hydrogen-bond donors (Lipinski definition) is 0. The summed E-state index contributed by atoms with van der Waals surface area (Å²) in [5.74, 6) is 2.51. The molecule has 1 saturated heterocycles. The number of nitrogens with zero attached hydrogens (tertiary/aromatic N) is 1. The number of rotatable bonds is 4. The number of likely N-dealkylation sites (tertiary alicyclic amines) is 1. The van der Waals surface area contributed by atoms with Crippen LogP contribution in [0.3, 0.4) is 0 Å². The third-order valence-electron chi connectivity index (χ3n) is 4.20. The lowest BCUT2D eigenvalue weighted by Gasteiger charge is -2.24. The van der Waals surface area contributed by atoms with Crippen LogP contribution in [-0.4, -0.2) is 37.2 Å². The average molecular weight is 275 g/mol. The number of ether oxygens (including phenoxy) is 2. The summed E-state index contributed by atoms with van der Waals surface area (Å²) in [5, 5.41) is 0. The molecule has 110 valence electrons. The van der Waals surface area contributed by atoms with Gasteiger partial charge in [0, 0.05) is 12.5 Å². The lowest BCUT2D eigenvalue weighted by atomic mass is 10.0. The molecule has 3 nitrogen and oxygen atoms in total. The predicted octanol–water partition coefficient (Wildman–Crippen LogP) is 3.34. The highest BCUT2D eigenvalue weighted by Crippen LogP contribution is 2.29. The van der Waals surface area contributed by atoms with Crippen LogP contribution in [0.15, 0.2) is 24.3 Å². The van der Waals surface area contributed by atoms with Crippen molar-refractivity contribution in [2.45, 2.75) is 44.8 Å². The van der Waals surface area contributed by atoms with Crippen LogP contribution in [0, 0.1) is 5.92 Å². The highest BCUT2D eigenvalue weighted by atomic mass is 16.5. The van der Waals surface area contributed by atoms with Gasteiger partial charge in [0.15, 0.2) is 0 Å². The molecule has 1 saturated carbocycles. The van der Waals surface area contributed by atoms with Crippen molar-refractivity contribution in [3.8, 4) is 11.5 Å². The largest absolute Gasteiger partial charge is 0.490 e. The Kier molecular flexibility index (Phi) is 4.16. The summed E-state index contributed by atoms with van der Waals surface area (Å²) in [7, 11) is 2.20. The van der Waals surface area contributed by atoms with Gasteiger partial charge in [-0.05, 0) is 63.5 Å². The summed E-state index contributed by atoms with van der Waals surface area (Å²) >= 11 is 0. The van der Waals surface area contributed by atoms with E-state index in [1.165, 1.54) is 25.8 Å². The second-order valence-corrected chi connectivity index (χ2v) is 6.33. The van der Waals surface area contributed by atoms with Crippen molar-refractivity contribution in [2.24, 2.45) is 5.92 Å². The van der Waals surface area contributed by atoms with Gasteiger partial charge >= 0.3 is 0 Å². The Morgan fingerprint density at radius 1 is 1.00 bits per heavy atom. The minimum Gasteiger partial charge on any atom is -0.490 e.